The van der Waals surface area contributed by atoms with E-state index in [1.807, 2.05) is 18.2 Å². The van der Waals surface area contributed by atoms with Gasteiger partial charge in [-0.2, -0.15) is 0 Å². The monoisotopic (exact) mass is 850 g/mol. The van der Waals surface area contributed by atoms with E-state index >= 15 is 0 Å². The third kappa shape index (κ3) is 17.5. The van der Waals surface area contributed by atoms with Gasteiger partial charge in [-0.15, -0.1) is 0 Å². The molecule has 0 saturated heterocycles. The molecule has 3 saturated carbocycles. The van der Waals surface area contributed by atoms with Crippen LogP contribution in [0.4, 0.5) is 0 Å². The van der Waals surface area contributed by atoms with Crippen LogP contribution in [0.2, 0.25) is 5.02 Å². The Labute approximate surface area is 358 Å². The highest BCUT2D eigenvalue weighted by molar-refractivity contribution is 7.80. The number of carbonyl (C=O) groups excluding carboxylic acids is 3. The first kappa shape index (κ1) is 45.5. The maximum atomic E-state index is 12.0. The van der Waals surface area contributed by atoms with Crippen molar-refractivity contribution < 1.29 is 19.1 Å². The zero-order valence-electron chi connectivity index (χ0n) is 32.6. The van der Waals surface area contributed by atoms with Gasteiger partial charge in [0.1, 0.15) is 5.75 Å². The molecule has 6 N–H and O–H groups in total. The van der Waals surface area contributed by atoms with E-state index in [0.29, 0.717) is 55.2 Å². The van der Waals surface area contributed by atoms with Crippen LogP contribution in [0.25, 0.3) is 0 Å². The molecule has 3 aromatic carbocycles. The summed E-state index contributed by atoms with van der Waals surface area (Å²) in [7, 11) is 1.60. The quantitative estimate of drug-likeness (QED) is 0.129. The van der Waals surface area contributed by atoms with Crippen molar-refractivity contribution in [3.8, 4) is 5.75 Å². The largest absolute Gasteiger partial charge is 0.497 e. The van der Waals surface area contributed by atoms with Gasteiger partial charge in [0.15, 0.2) is 15.3 Å². The van der Waals surface area contributed by atoms with Gasteiger partial charge in [0.2, 0.25) is 0 Å². The van der Waals surface area contributed by atoms with E-state index in [0.717, 1.165) is 44.3 Å². The lowest BCUT2D eigenvalue weighted by Crippen LogP contribution is -2.44. The van der Waals surface area contributed by atoms with Crippen LogP contribution >= 0.6 is 48.3 Å². The average molecular weight is 852 g/mol. The molecular weight excluding hydrogens is 796 g/mol. The molecule has 57 heavy (non-hydrogen) atoms. The molecule has 3 amide bonds. The van der Waals surface area contributed by atoms with Gasteiger partial charge in [-0.05, 0) is 136 Å². The maximum Gasteiger partial charge on any atom is 0.257 e. The average Bonchev–Trinajstić information content (AvgIpc) is 3.23. The normalized spacial score (nSPS) is 15.8. The summed E-state index contributed by atoms with van der Waals surface area (Å²) in [5.41, 5.74) is 1.75. The van der Waals surface area contributed by atoms with Crippen LogP contribution in [0.3, 0.4) is 0 Å². The first-order valence-electron chi connectivity index (χ1n) is 19.9. The maximum absolute atomic E-state index is 12.0. The van der Waals surface area contributed by atoms with Crippen molar-refractivity contribution in [3.63, 3.8) is 0 Å². The fraction of sp³-hybridized carbons (Fsp3) is 0.442. The zero-order chi connectivity index (χ0) is 40.8. The van der Waals surface area contributed by atoms with Crippen LogP contribution in [0.15, 0.2) is 78.9 Å². The van der Waals surface area contributed by atoms with Gasteiger partial charge in [0, 0.05) is 39.8 Å². The van der Waals surface area contributed by atoms with Crippen molar-refractivity contribution in [2.24, 2.45) is 0 Å². The molecule has 14 heteroatoms. The fourth-order valence-corrected chi connectivity index (χ4v) is 7.77. The number of thiocarbonyl (C=S) groups is 3. The fourth-order valence-electron chi connectivity index (χ4n) is 6.86. The molecule has 0 unspecified atom stereocenters. The van der Waals surface area contributed by atoms with E-state index in [9.17, 15) is 14.4 Å². The van der Waals surface area contributed by atoms with E-state index in [1.54, 1.807) is 67.8 Å². The number of hydrogen-bond donors (Lipinski definition) is 6. The Balaban J connectivity index is 0.000000190. The third-order valence-corrected chi connectivity index (χ3v) is 10.9. The van der Waals surface area contributed by atoms with E-state index in [2.05, 4.69) is 31.9 Å². The second kappa shape index (κ2) is 25.2. The number of benzene rings is 3. The first-order chi connectivity index (χ1) is 27.6. The summed E-state index contributed by atoms with van der Waals surface area (Å²) in [5, 5.41) is 19.7. The van der Waals surface area contributed by atoms with Crippen molar-refractivity contribution >= 4 is 81.3 Å². The second-order valence-electron chi connectivity index (χ2n) is 14.4. The number of methoxy groups -OCH3 is 1. The Bertz CT molecular complexity index is 1750. The second-order valence-corrected chi connectivity index (χ2v) is 16.1. The SMILES string of the molecule is COc1ccc(C(=O)NC(=S)NC2CCCCC2)cc1.O=C(NC(=S)NC1CCCCC1)c1ccc(Cl)cc1.O=C(NC(=S)NC1CCCCC1)c1ccccc1. The Hall–Kier alpha value is -4.17. The highest BCUT2D eigenvalue weighted by atomic mass is 35.5. The molecule has 0 spiro atoms. The topological polar surface area (TPSA) is 133 Å². The number of rotatable bonds is 7. The van der Waals surface area contributed by atoms with Gasteiger partial charge in [-0.1, -0.05) is 87.6 Å². The smallest absolute Gasteiger partial charge is 0.257 e. The summed E-state index contributed by atoms with van der Waals surface area (Å²) in [6.45, 7) is 0. The molecular formula is C43H55ClN6O4S3. The van der Waals surface area contributed by atoms with Crippen molar-refractivity contribution in [1.82, 2.24) is 31.9 Å². The Morgan fingerprint density at radius 2 is 0.807 bits per heavy atom. The van der Waals surface area contributed by atoms with Crippen LogP contribution in [-0.4, -0.2) is 58.3 Å². The van der Waals surface area contributed by atoms with Gasteiger partial charge in [-0.3, -0.25) is 30.3 Å². The number of halogens is 1. The molecule has 10 nitrogen and oxygen atoms in total. The van der Waals surface area contributed by atoms with Gasteiger partial charge < -0.3 is 20.7 Å². The minimum atomic E-state index is -0.204. The third-order valence-electron chi connectivity index (χ3n) is 10.00. The molecule has 3 aromatic rings. The van der Waals surface area contributed by atoms with Crippen LogP contribution in [0, 0.1) is 0 Å². The molecule has 0 atom stereocenters. The number of carbonyl (C=O) groups is 3. The highest BCUT2D eigenvalue weighted by Crippen LogP contribution is 2.19. The Kier molecular flexibility index (Phi) is 20.2. The van der Waals surface area contributed by atoms with Crippen LogP contribution < -0.4 is 36.6 Å². The number of hydrogen-bond acceptors (Lipinski definition) is 7. The van der Waals surface area contributed by atoms with E-state index in [4.69, 9.17) is 53.0 Å². The molecule has 0 heterocycles. The van der Waals surface area contributed by atoms with Crippen LogP contribution in [-0.2, 0) is 0 Å². The molecule has 0 aliphatic heterocycles. The standard InChI is InChI=1S/C15H20N2O2S.C14H17ClN2OS.C14H18N2OS/c1-19-13-9-7-11(8-10-13)14(18)17-15(20)16-12-5-3-2-4-6-12;15-11-8-6-10(7-9-11)13(18)17-14(19)16-12-4-2-1-3-5-12;17-13(11-7-3-1-4-8-11)16-14(18)15-12-9-5-2-6-10-12/h7-10,12H,2-6H2,1H3,(H2,16,17,18,20);6-9,12H,1-5H2,(H2,16,17,18,19);1,3-4,7-8,12H,2,5-6,9-10H2,(H2,15,16,17,18). The van der Waals surface area contributed by atoms with E-state index < -0.39 is 0 Å². The number of ether oxygens (including phenoxy) is 1. The summed E-state index contributed by atoms with van der Waals surface area (Å²) in [5.74, 6) is 0.180. The minimum Gasteiger partial charge on any atom is -0.497 e. The molecule has 3 fully saturated rings. The molecule has 0 aromatic heterocycles. The number of amides is 3. The molecule has 6 rings (SSSR count). The molecule has 306 valence electrons. The van der Waals surface area contributed by atoms with Crippen LogP contribution in [0.1, 0.15) is 127 Å². The molecule has 3 aliphatic rings. The number of nitrogens with one attached hydrogen (secondary N) is 6. The van der Waals surface area contributed by atoms with Crippen molar-refractivity contribution in [2.45, 2.75) is 114 Å². The van der Waals surface area contributed by atoms with Gasteiger partial charge in [0.25, 0.3) is 17.7 Å². The lowest BCUT2D eigenvalue weighted by Gasteiger charge is -2.24. The summed E-state index contributed by atoms with van der Waals surface area (Å²) in [6, 6.07) is 24.0. The van der Waals surface area contributed by atoms with Crippen molar-refractivity contribution in [2.75, 3.05) is 7.11 Å². The summed E-state index contributed by atoms with van der Waals surface area (Å²) in [6.07, 6.45) is 18.1. The predicted molar refractivity (Wildman–Crippen MR) is 241 cm³/mol. The summed E-state index contributed by atoms with van der Waals surface area (Å²) < 4.78 is 5.06. The predicted octanol–water partition coefficient (Wildman–Crippen LogP) is 8.53. The minimum absolute atomic E-state index is 0.149. The summed E-state index contributed by atoms with van der Waals surface area (Å²) in [4.78, 5) is 35.8. The summed E-state index contributed by atoms with van der Waals surface area (Å²) >= 11 is 21.3. The lowest BCUT2D eigenvalue weighted by atomic mass is 9.96. The molecule has 0 radical (unpaired) electrons. The van der Waals surface area contributed by atoms with Gasteiger partial charge in [-0.25, -0.2) is 0 Å². The van der Waals surface area contributed by atoms with E-state index in [-0.39, 0.29) is 17.7 Å². The van der Waals surface area contributed by atoms with Gasteiger partial charge >= 0.3 is 0 Å². The van der Waals surface area contributed by atoms with Crippen molar-refractivity contribution in [1.29, 1.82) is 0 Å². The molecule has 3 aliphatic carbocycles. The highest BCUT2D eigenvalue weighted by Gasteiger charge is 2.18. The lowest BCUT2D eigenvalue weighted by molar-refractivity contribution is 0.0967. The van der Waals surface area contributed by atoms with Gasteiger partial charge in [0.05, 0.1) is 7.11 Å². The first-order valence-corrected chi connectivity index (χ1v) is 21.5. The molecule has 0 bridgehead atoms. The van der Waals surface area contributed by atoms with E-state index in [1.165, 1.54) is 57.8 Å². The Morgan fingerprint density at radius 3 is 1.14 bits per heavy atom. The Morgan fingerprint density at radius 1 is 0.491 bits per heavy atom. The zero-order valence-corrected chi connectivity index (χ0v) is 35.8. The van der Waals surface area contributed by atoms with Crippen LogP contribution in [0.5, 0.6) is 5.75 Å². The van der Waals surface area contributed by atoms with Crippen molar-refractivity contribution in [3.05, 3.63) is 101 Å².